The van der Waals surface area contributed by atoms with Crippen LogP contribution in [0, 0.1) is 5.92 Å². The first-order chi connectivity index (χ1) is 8.27. The number of hydrogen-bond acceptors (Lipinski definition) is 3. The van der Waals surface area contributed by atoms with Gasteiger partial charge in [-0.1, -0.05) is 13.8 Å². The molecule has 0 aromatic carbocycles. The summed E-state index contributed by atoms with van der Waals surface area (Å²) < 4.78 is 0. The van der Waals surface area contributed by atoms with Crippen LogP contribution in [0.2, 0.25) is 0 Å². The smallest absolute Gasteiger partial charge is 0.241 e. The summed E-state index contributed by atoms with van der Waals surface area (Å²) in [6.07, 6.45) is 0. The van der Waals surface area contributed by atoms with E-state index in [1.165, 1.54) is 4.90 Å². The average Bonchev–Trinajstić information content (AvgIpc) is 2.23. The molecular weight excluding hydrogens is 230 g/mol. The van der Waals surface area contributed by atoms with Crippen molar-refractivity contribution in [3.8, 4) is 0 Å². The number of hydrogen-bond donors (Lipinski definition) is 0. The van der Waals surface area contributed by atoms with Crippen molar-refractivity contribution in [2.45, 2.75) is 20.8 Å². The van der Waals surface area contributed by atoms with Gasteiger partial charge in [0.05, 0.1) is 13.1 Å². The van der Waals surface area contributed by atoms with E-state index >= 15 is 0 Å². The molecule has 0 bridgehead atoms. The lowest BCUT2D eigenvalue weighted by Crippen LogP contribution is -2.44. The summed E-state index contributed by atoms with van der Waals surface area (Å²) in [6.45, 7) is 8.11. The molecule has 0 aliphatic rings. The molecule has 5 nitrogen and oxygen atoms in total. The van der Waals surface area contributed by atoms with E-state index in [9.17, 15) is 9.59 Å². The second kappa shape index (κ2) is 8.08. The highest BCUT2D eigenvalue weighted by molar-refractivity contribution is 5.85. The van der Waals surface area contributed by atoms with Gasteiger partial charge in [0, 0.05) is 27.2 Å². The molecule has 0 N–H and O–H groups in total. The number of carbonyl (C=O) groups excluding carboxylic acids is 2. The standard InChI is InChI=1S/C13H27N3O2/c1-7-16(10-12(17)14(4)5)13(18)9-15(6)8-11(2)3/h11H,7-10H2,1-6H3. The molecule has 0 saturated carbocycles. The first kappa shape index (κ1) is 16.9. The molecule has 0 heterocycles. The topological polar surface area (TPSA) is 43.9 Å². The molecule has 0 atom stereocenters. The van der Waals surface area contributed by atoms with Crippen LogP contribution >= 0.6 is 0 Å². The van der Waals surface area contributed by atoms with Crippen molar-refractivity contribution in [1.82, 2.24) is 14.7 Å². The molecule has 0 fully saturated rings. The number of carbonyl (C=O) groups is 2. The molecular formula is C13H27N3O2. The molecule has 0 aromatic rings. The van der Waals surface area contributed by atoms with E-state index in [1.807, 2.05) is 18.9 Å². The molecule has 2 amide bonds. The third kappa shape index (κ3) is 6.59. The van der Waals surface area contributed by atoms with E-state index in [0.29, 0.717) is 19.0 Å². The number of nitrogens with zero attached hydrogens (tertiary/aromatic N) is 3. The van der Waals surface area contributed by atoms with Gasteiger partial charge in [0.1, 0.15) is 0 Å². The fraction of sp³-hybridized carbons (Fsp3) is 0.846. The summed E-state index contributed by atoms with van der Waals surface area (Å²) in [5, 5.41) is 0. The summed E-state index contributed by atoms with van der Waals surface area (Å²) in [4.78, 5) is 28.7. The summed E-state index contributed by atoms with van der Waals surface area (Å²) in [5.41, 5.74) is 0. The Labute approximate surface area is 111 Å². The second-order valence-electron chi connectivity index (χ2n) is 5.29. The molecule has 0 radical (unpaired) electrons. The third-order valence-electron chi connectivity index (χ3n) is 2.64. The van der Waals surface area contributed by atoms with Crippen LogP contribution in [0.1, 0.15) is 20.8 Å². The maximum absolute atomic E-state index is 12.0. The fourth-order valence-electron chi connectivity index (χ4n) is 1.70. The van der Waals surface area contributed by atoms with Gasteiger partial charge in [-0.2, -0.15) is 0 Å². The van der Waals surface area contributed by atoms with Gasteiger partial charge in [-0.15, -0.1) is 0 Å². The molecule has 18 heavy (non-hydrogen) atoms. The molecule has 0 saturated heterocycles. The van der Waals surface area contributed by atoms with Gasteiger partial charge in [-0.05, 0) is 19.9 Å². The monoisotopic (exact) mass is 257 g/mol. The van der Waals surface area contributed by atoms with Crippen LogP contribution in [0.4, 0.5) is 0 Å². The Kier molecular flexibility index (Phi) is 7.59. The molecule has 5 heteroatoms. The number of rotatable bonds is 7. The average molecular weight is 257 g/mol. The van der Waals surface area contributed by atoms with Crippen LogP contribution in [0.25, 0.3) is 0 Å². The fourth-order valence-corrected chi connectivity index (χ4v) is 1.70. The Morgan fingerprint density at radius 1 is 1.00 bits per heavy atom. The van der Waals surface area contributed by atoms with Gasteiger partial charge in [0.15, 0.2) is 0 Å². The first-order valence-electron chi connectivity index (χ1n) is 6.44. The summed E-state index contributed by atoms with van der Waals surface area (Å²) in [5.74, 6) is 0.494. The van der Waals surface area contributed by atoms with Crippen LogP contribution in [-0.2, 0) is 9.59 Å². The number of amides is 2. The molecule has 0 aliphatic heterocycles. The molecule has 0 spiro atoms. The zero-order chi connectivity index (χ0) is 14.3. The second-order valence-corrected chi connectivity index (χ2v) is 5.29. The molecule has 0 unspecified atom stereocenters. The third-order valence-corrected chi connectivity index (χ3v) is 2.64. The molecule has 0 aliphatic carbocycles. The predicted molar refractivity (Wildman–Crippen MR) is 73.3 cm³/mol. The Balaban J connectivity index is 4.31. The maximum Gasteiger partial charge on any atom is 0.241 e. The van der Waals surface area contributed by atoms with Gasteiger partial charge in [-0.25, -0.2) is 0 Å². The van der Waals surface area contributed by atoms with Crippen LogP contribution in [0.15, 0.2) is 0 Å². The van der Waals surface area contributed by atoms with Crippen LogP contribution in [0.3, 0.4) is 0 Å². The van der Waals surface area contributed by atoms with Crippen LogP contribution < -0.4 is 0 Å². The maximum atomic E-state index is 12.0. The molecule has 106 valence electrons. The van der Waals surface area contributed by atoms with Crippen molar-refractivity contribution < 1.29 is 9.59 Å². The van der Waals surface area contributed by atoms with Gasteiger partial charge < -0.3 is 9.80 Å². The van der Waals surface area contributed by atoms with Crippen molar-refractivity contribution in [1.29, 1.82) is 0 Å². The van der Waals surface area contributed by atoms with Crippen molar-refractivity contribution in [2.24, 2.45) is 5.92 Å². The van der Waals surface area contributed by atoms with E-state index in [4.69, 9.17) is 0 Å². The summed E-state index contributed by atoms with van der Waals surface area (Å²) in [7, 11) is 5.33. The Morgan fingerprint density at radius 3 is 1.94 bits per heavy atom. The van der Waals surface area contributed by atoms with Crippen molar-refractivity contribution >= 4 is 11.8 Å². The van der Waals surface area contributed by atoms with Crippen molar-refractivity contribution in [3.63, 3.8) is 0 Å². The highest BCUT2D eigenvalue weighted by Gasteiger charge is 2.18. The van der Waals surface area contributed by atoms with Crippen molar-refractivity contribution in [3.05, 3.63) is 0 Å². The van der Waals surface area contributed by atoms with Crippen molar-refractivity contribution in [2.75, 3.05) is 47.3 Å². The Morgan fingerprint density at radius 2 is 1.56 bits per heavy atom. The van der Waals surface area contributed by atoms with E-state index in [1.54, 1.807) is 19.0 Å². The van der Waals surface area contributed by atoms with Gasteiger partial charge in [-0.3, -0.25) is 14.5 Å². The normalized spacial score (nSPS) is 10.9. The predicted octanol–water partition coefficient (Wildman–Crippen LogP) is 0.511. The van der Waals surface area contributed by atoms with E-state index in [-0.39, 0.29) is 18.4 Å². The summed E-state index contributed by atoms with van der Waals surface area (Å²) >= 11 is 0. The highest BCUT2D eigenvalue weighted by Crippen LogP contribution is 1.98. The zero-order valence-electron chi connectivity index (χ0n) is 12.6. The van der Waals surface area contributed by atoms with Crippen LogP contribution in [0.5, 0.6) is 0 Å². The van der Waals surface area contributed by atoms with Gasteiger partial charge in [0.25, 0.3) is 0 Å². The summed E-state index contributed by atoms with van der Waals surface area (Å²) in [6, 6.07) is 0. The quantitative estimate of drug-likeness (QED) is 0.667. The largest absolute Gasteiger partial charge is 0.347 e. The lowest BCUT2D eigenvalue weighted by atomic mass is 10.2. The van der Waals surface area contributed by atoms with Gasteiger partial charge in [0.2, 0.25) is 11.8 Å². The first-order valence-corrected chi connectivity index (χ1v) is 6.44. The minimum absolute atomic E-state index is 0.0100. The lowest BCUT2D eigenvalue weighted by molar-refractivity contribution is -0.139. The minimum Gasteiger partial charge on any atom is -0.347 e. The lowest BCUT2D eigenvalue weighted by Gasteiger charge is -2.25. The molecule has 0 rings (SSSR count). The SMILES string of the molecule is CCN(CC(=O)N(C)C)C(=O)CN(C)CC(C)C. The van der Waals surface area contributed by atoms with E-state index in [2.05, 4.69) is 13.8 Å². The zero-order valence-corrected chi connectivity index (χ0v) is 12.6. The van der Waals surface area contributed by atoms with Crippen LogP contribution in [-0.4, -0.2) is 73.8 Å². The molecule has 0 aromatic heterocycles. The minimum atomic E-state index is -0.0447. The van der Waals surface area contributed by atoms with Gasteiger partial charge >= 0.3 is 0 Å². The highest BCUT2D eigenvalue weighted by atomic mass is 16.2. The van der Waals surface area contributed by atoms with E-state index in [0.717, 1.165) is 6.54 Å². The van der Waals surface area contributed by atoms with E-state index < -0.39 is 0 Å². The Hall–Kier alpha value is -1.10. The number of likely N-dealkylation sites (N-methyl/N-ethyl adjacent to an activating group) is 3. The Bertz CT molecular complexity index is 277.